The molecule has 3 aromatic rings. The Labute approximate surface area is 202 Å². The molecule has 0 radical (unpaired) electrons. The maximum Gasteiger partial charge on any atom is 0.123 e. The third-order valence-electron chi connectivity index (χ3n) is 6.37. The summed E-state index contributed by atoms with van der Waals surface area (Å²) in [4.78, 5) is 3.32. The van der Waals surface area contributed by atoms with E-state index in [1.807, 2.05) is 42.6 Å². The Kier molecular flexibility index (Phi) is 7.01. The van der Waals surface area contributed by atoms with E-state index >= 15 is 0 Å². The van der Waals surface area contributed by atoms with E-state index in [1.165, 1.54) is 22.3 Å². The van der Waals surface area contributed by atoms with Gasteiger partial charge in [-0.1, -0.05) is 54.6 Å². The van der Waals surface area contributed by atoms with Crippen molar-refractivity contribution >= 4 is 29.6 Å². The lowest BCUT2D eigenvalue weighted by molar-refractivity contribution is 0.512. The molecule has 0 saturated heterocycles. The first-order valence-electron chi connectivity index (χ1n) is 11.7. The van der Waals surface area contributed by atoms with Crippen LogP contribution in [0.1, 0.15) is 56.6 Å². The molecular weight excluding hydrogens is 414 g/mol. The van der Waals surface area contributed by atoms with Crippen LogP contribution in [0.4, 0.5) is 0 Å². The van der Waals surface area contributed by atoms with Gasteiger partial charge in [0.2, 0.25) is 0 Å². The molecule has 0 fully saturated rings. The molecule has 170 valence electrons. The van der Waals surface area contributed by atoms with Crippen LogP contribution in [0.2, 0.25) is 0 Å². The number of hydrogen-bond donors (Lipinski definition) is 2. The number of aromatic nitrogens is 1. The summed E-state index contributed by atoms with van der Waals surface area (Å²) in [7, 11) is 0. The quantitative estimate of drug-likeness (QED) is 0.223. The van der Waals surface area contributed by atoms with Gasteiger partial charge in [-0.25, -0.2) is 0 Å². The molecule has 34 heavy (non-hydrogen) atoms. The Morgan fingerprint density at radius 1 is 0.941 bits per heavy atom. The lowest BCUT2D eigenvalue weighted by atomic mass is 9.97. The molecule has 0 unspecified atom stereocenters. The molecule has 1 aliphatic rings. The number of aromatic amines is 1. The second-order valence-corrected chi connectivity index (χ2v) is 8.83. The van der Waals surface area contributed by atoms with Crippen LogP contribution in [0.5, 0.6) is 0 Å². The van der Waals surface area contributed by atoms with E-state index in [0.29, 0.717) is 0 Å². The van der Waals surface area contributed by atoms with Crippen LogP contribution in [0.25, 0.3) is 29.6 Å². The Morgan fingerprint density at radius 3 is 2.38 bits per heavy atom. The van der Waals surface area contributed by atoms with Gasteiger partial charge in [0, 0.05) is 28.6 Å². The largest absolute Gasteiger partial charge is 0.507 e. The zero-order valence-corrected chi connectivity index (χ0v) is 20.3. The fraction of sp³-hybridized carbons (Fsp3) is 0.156. The van der Waals surface area contributed by atoms with Gasteiger partial charge in [0.25, 0.3) is 0 Å². The molecule has 0 saturated carbocycles. The minimum atomic E-state index is 0.274. The fourth-order valence-electron chi connectivity index (χ4n) is 3.94. The number of hydrogen-bond acceptors (Lipinski definition) is 1. The normalized spacial score (nSPS) is 13.5. The van der Waals surface area contributed by atoms with Gasteiger partial charge in [-0.3, -0.25) is 0 Å². The van der Waals surface area contributed by atoms with E-state index in [-0.39, 0.29) is 5.76 Å². The standard InChI is InChI=1S/C32H31NO/c1-22-14-16-27(18-24(22)3)26(20-32(34)28-17-15-23(2)25(4)19-28)10-8-9-11-29-21-33-31-13-7-5-6-12-30(29)31/h5,7,9-21,33-34H,8H2,1-4H3/b11-9+,26-10+,32-20-. The summed E-state index contributed by atoms with van der Waals surface area (Å²) in [5.74, 6) is 0.274. The average molecular weight is 446 g/mol. The van der Waals surface area contributed by atoms with E-state index in [4.69, 9.17) is 0 Å². The summed E-state index contributed by atoms with van der Waals surface area (Å²) in [5.41, 5.74) is 14.4. The van der Waals surface area contributed by atoms with Crippen molar-refractivity contribution in [1.82, 2.24) is 4.98 Å². The van der Waals surface area contributed by atoms with Crippen LogP contribution in [0.3, 0.4) is 0 Å². The molecule has 2 aromatic carbocycles. The second-order valence-electron chi connectivity index (χ2n) is 8.83. The first kappa shape index (κ1) is 23.2. The lowest BCUT2D eigenvalue weighted by Crippen LogP contribution is -1.91. The van der Waals surface area contributed by atoms with E-state index in [0.717, 1.165) is 39.9 Å². The van der Waals surface area contributed by atoms with Gasteiger partial charge in [-0.2, -0.15) is 0 Å². The van der Waals surface area contributed by atoms with Crippen molar-refractivity contribution < 1.29 is 5.11 Å². The van der Waals surface area contributed by atoms with Crippen molar-refractivity contribution in [3.63, 3.8) is 0 Å². The van der Waals surface area contributed by atoms with Crippen LogP contribution >= 0.6 is 0 Å². The van der Waals surface area contributed by atoms with Gasteiger partial charge in [-0.15, -0.1) is 5.73 Å². The molecule has 0 atom stereocenters. The highest BCUT2D eigenvalue weighted by molar-refractivity contribution is 5.82. The number of H-pyrrole nitrogens is 1. The number of aliphatic hydroxyl groups excluding tert-OH is 1. The summed E-state index contributed by atoms with van der Waals surface area (Å²) in [6, 6.07) is 12.5. The number of benzene rings is 2. The molecule has 1 aliphatic carbocycles. The smallest absolute Gasteiger partial charge is 0.123 e. The molecule has 2 nitrogen and oxygen atoms in total. The summed E-state index contributed by atoms with van der Waals surface area (Å²) in [5, 5.41) is 10.9. The van der Waals surface area contributed by atoms with Gasteiger partial charge < -0.3 is 10.1 Å². The van der Waals surface area contributed by atoms with Crippen molar-refractivity contribution in [3.8, 4) is 0 Å². The van der Waals surface area contributed by atoms with Crippen molar-refractivity contribution in [2.24, 2.45) is 0 Å². The Balaban J connectivity index is 1.64. The summed E-state index contributed by atoms with van der Waals surface area (Å²) < 4.78 is 0. The Morgan fingerprint density at radius 2 is 1.65 bits per heavy atom. The molecule has 1 heterocycles. The van der Waals surface area contributed by atoms with Gasteiger partial charge >= 0.3 is 0 Å². The number of allylic oxidation sites excluding steroid dienone is 6. The van der Waals surface area contributed by atoms with E-state index in [1.54, 1.807) is 0 Å². The highest BCUT2D eigenvalue weighted by atomic mass is 16.3. The lowest BCUT2D eigenvalue weighted by Gasteiger charge is -2.09. The SMILES string of the molecule is Cc1ccc(/C(O)=C/C(=C\C/C=C/c2c[nH]c3c2C=C=CC=C3)c2ccc(C)c(C)c2)cc1C. The molecule has 0 aliphatic heterocycles. The topological polar surface area (TPSA) is 36.0 Å². The zero-order chi connectivity index (χ0) is 24.1. The molecule has 0 amide bonds. The molecule has 4 rings (SSSR count). The molecule has 2 N–H and O–H groups in total. The highest BCUT2D eigenvalue weighted by Crippen LogP contribution is 2.26. The van der Waals surface area contributed by atoms with E-state index in [9.17, 15) is 5.11 Å². The summed E-state index contributed by atoms with van der Waals surface area (Å²) >= 11 is 0. The monoisotopic (exact) mass is 445 g/mol. The third-order valence-corrected chi connectivity index (χ3v) is 6.37. The van der Waals surface area contributed by atoms with Crippen molar-refractivity contribution in [3.05, 3.63) is 129 Å². The minimum absolute atomic E-state index is 0.274. The number of aryl methyl sites for hydroxylation is 4. The van der Waals surface area contributed by atoms with Crippen molar-refractivity contribution in [2.45, 2.75) is 34.1 Å². The van der Waals surface area contributed by atoms with Crippen molar-refractivity contribution in [2.75, 3.05) is 0 Å². The molecule has 2 heteroatoms. The summed E-state index contributed by atoms with van der Waals surface area (Å²) in [6.07, 6.45) is 19.1. The zero-order valence-electron chi connectivity index (χ0n) is 20.3. The number of nitrogens with one attached hydrogen (secondary N) is 1. The Hall–Kier alpha value is -4.00. The maximum absolute atomic E-state index is 10.9. The molecule has 0 spiro atoms. The molecule has 1 aromatic heterocycles. The van der Waals surface area contributed by atoms with Gasteiger partial charge in [0.15, 0.2) is 0 Å². The maximum atomic E-state index is 10.9. The molecule has 0 bridgehead atoms. The van der Waals surface area contributed by atoms with Crippen molar-refractivity contribution in [1.29, 1.82) is 0 Å². The number of aliphatic hydroxyl groups is 1. The van der Waals surface area contributed by atoms with Gasteiger partial charge in [0.1, 0.15) is 5.76 Å². The average Bonchev–Trinajstić information content (AvgIpc) is 3.05. The summed E-state index contributed by atoms with van der Waals surface area (Å²) in [6.45, 7) is 8.39. The second kappa shape index (κ2) is 10.3. The van der Waals surface area contributed by atoms with E-state index in [2.05, 4.69) is 87.0 Å². The van der Waals surface area contributed by atoms with E-state index < -0.39 is 0 Å². The predicted octanol–water partition coefficient (Wildman–Crippen LogP) is 8.53. The van der Waals surface area contributed by atoms with Crippen LogP contribution in [-0.2, 0) is 0 Å². The van der Waals surface area contributed by atoms with Crippen LogP contribution in [0, 0.1) is 27.7 Å². The highest BCUT2D eigenvalue weighted by Gasteiger charge is 2.07. The predicted molar refractivity (Wildman–Crippen MR) is 146 cm³/mol. The van der Waals surface area contributed by atoms with Gasteiger partial charge in [-0.05, 0) is 97.9 Å². The van der Waals surface area contributed by atoms with Crippen LogP contribution in [0.15, 0.2) is 78.7 Å². The van der Waals surface area contributed by atoms with Crippen LogP contribution < -0.4 is 0 Å². The molecular formula is C32H31NO. The minimum Gasteiger partial charge on any atom is -0.507 e. The van der Waals surface area contributed by atoms with Gasteiger partial charge in [0.05, 0.1) is 0 Å². The third kappa shape index (κ3) is 5.31. The first-order chi connectivity index (χ1) is 16.4. The number of fused-ring (bicyclic) bond motifs is 1. The van der Waals surface area contributed by atoms with Crippen LogP contribution in [-0.4, -0.2) is 10.1 Å². The number of rotatable bonds is 6. The fourth-order valence-corrected chi connectivity index (χ4v) is 3.94. The first-order valence-corrected chi connectivity index (χ1v) is 11.7. The Bertz CT molecular complexity index is 1400.